The molecule has 6 heterocycles. The Morgan fingerprint density at radius 1 is 0.479 bits per heavy atom. The first kappa shape index (κ1) is 41.7. The molecule has 0 aliphatic rings. The lowest BCUT2D eigenvalue weighted by Crippen LogP contribution is -2.07. The topological polar surface area (TPSA) is 74.2 Å². The van der Waals surface area contributed by atoms with E-state index >= 15 is 0 Å². The number of rotatable bonds is 7. The number of hydrogen-bond acceptors (Lipinski definition) is 3. The maximum Gasteiger partial charge on any atom is 0.238 e. The molecule has 15 rings (SSSR count). The molecule has 9 heteroatoms. The maximum atomic E-state index is 5.33. The summed E-state index contributed by atoms with van der Waals surface area (Å²) in [6, 6.07) is 68.0. The second kappa shape index (κ2) is 16.0. The molecular formula is C64H45N8P. The van der Waals surface area contributed by atoms with E-state index < -0.39 is 0 Å². The van der Waals surface area contributed by atoms with Crippen LogP contribution in [0.25, 0.3) is 143 Å². The smallest absolute Gasteiger partial charge is 0.238 e. The van der Waals surface area contributed by atoms with Crippen LogP contribution >= 0.6 is 9.39 Å². The normalized spacial score (nSPS) is 12.7. The van der Waals surface area contributed by atoms with E-state index in [1.165, 1.54) is 54.1 Å². The number of nitrogens with one attached hydrogen (secondary N) is 1. The van der Waals surface area contributed by atoms with Crippen molar-refractivity contribution in [2.45, 2.75) is 20.3 Å². The Morgan fingerprint density at radius 3 is 1.68 bits per heavy atom. The van der Waals surface area contributed by atoms with Crippen LogP contribution in [0.15, 0.2) is 206 Å². The van der Waals surface area contributed by atoms with Crippen LogP contribution in [0.4, 0.5) is 0 Å². The first-order chi connectivity index (χ1) is 36.0. The van der Waals surface area contributed by atoms with E-state index in [0.29, 0.717) is 17.6 Å². The molecule has 346 valence electrons. The second-order valence-electron chi connectivity index (χ2n) is 19.1. The van der Waals surface area contributed by atoms with Crippen molar-refractivity contribution >= 4 is 124 Å². The standard InChI is InChI=1S/C64H45N8P/c1-3-4-6-17-38(2)62-66-63(39-18-7-5-8-19-39)68-64(67-62)71-55-34-28-40(69-53-25-14-10-21-43(53)47-31-30-46-42-20-9-13-24-52(42)65-58(46)59(47)69)36-50(55)51-37-41(29-35-56(51)71)70-54-26-15-11-22-44(54)48-32-33-49-45-23-12-16-27-57(45)72(73)61(49)60(48)70/h4-37,65H,3,73H2,1-2H3/b6-4-,38-17+. The number of aromatic amines is 1. The Balaban J connectivity index is 1.06. The van der Waals surface area contributed by atoms with Crippen LogP contribution < -0.4 is 0 Å². The predicted molar refractivity (Wildman–Crippen MR) is 309 cm³/mol. The summed E-state index contributed by atoms with van der Waals surface area (Å²) in [7, 11) is 3.02. The molecule has 9 aromatic carbocycles. The van der Waals surface area contributed by atoms with Crippen LogP contribution in [0.1, 0.15) is 26.1 Å². The van der Waals surface area contributed by atoms with Crippen molar-refractivity contribution in [1.82, 2.24) is 38.0 Å². The molecule has 1 N–H and O–H groups in total. The zero-order valence-corrected chi connectivity index (χ0v) is 41.2. The fourth-order valence-corrected chi connectivity index (χ4v) is 12.2. The quantitative estimate of drug-likeness (QED) is 0.128. The van der Waals surface area contributed by atoms with Crippen LogP contribution in [-0.4, -0.2) is 38.0 Å². The summed E-state index contributed by atoms with van der Waals surface area (Å²) < 4.78 is 9.43. The summed E-state index contributed by atoms with van der Waals surface area (Å²) in [4.78, 5) is 19.6. The van der Waals surface area contributed by atoms with E-state index in [9.17, 15) is 0 Å². The number of benzene rings is 9. The molecule has 0 saturated heterocycles. The number of fused-ring (bicyclic) bond motifs is 17. The van der Waals surface area contributed by atoms with Crippen molar-refractivity contribution in [3.63, 3.8) is 0 Å². The van der Waals surface area contributed by atoms with Gasteiger partial charge in [0.1, 0.15) is 0 Å². The van der Waals surface area contributed by atoms with Crippen LogP contribution in [0.2, 0.25) is 0 Å². The van der Waals surface area contributed by atoms with Gasteiger partial charge in [0.2, 0.25) is 5.95 Å². The number of aromatic nitrogens is 8. The highest BCUT2D eigenvalue weighted by Gasteiger charge is 2.24. The summed E-state index contributed by atoms with van der Waals surface area (Å²) in [5.74, 6) is 1.80. The average molecular weight is 957 g/mol. The van der Waals surface area contributed by atoms with Crippen molar-refractivity contribution in [2.75, 3.05) is 0 Å². The molecular weight excluding hydrogens is 912 g/mol. The molecule has 0 aliphatic carbocycles. The van der Waals surface area contributed by atoms with E-state index in [1.54, 1.807) is 0 Å². The van der Waals surface area contributed by atoms with Crippen molar-refractivity contribution in [2.24, 2.45) is 0 Å². The van der Waals surface area contributed by atoms with E-state index in [1.807, 2.05) is 18.2 Å². The fourth-order valence-electron chi connectivity index (χ4n) is 11.7. The average Bonchev–Trinajstić information content (AvgIpc) is 4.24. The molecule has 15 aromatic rings. The Labute approximate surface area is 421 Å². The van der Waals surface area contributed by atoms with Gasteiger partial charge in [-0.15, -0.1) is 0 Å². The van der Waals surface area contributed by atoms with Crippen molar-refractivity contribution < 1.29 is 0 Å². The fraction of sp³-hybridized carbons (Fsp3) is 0.0469. The van der Waals surface area contributed by atoms with E-state index in [4.69, 9.17) is 15.0 Å². The Morgan fingerprint density at radius 2 is 1.01 bits per heavy atom. The summed E-state index contributed by atoms with van der Waals surface area (Å²) in [6.07, 6.45) is 7.26. The first-order valence-corrected chi connectivity index (χ1v) is 25.4. The van der Waals surface area contributed by atoms with Gasteiger partial charge in [0.05, 0.1) is 49.7 Å². The molecule has 0 saturated carbocycles. The minimum atomic E-state index is 0.555. The van der Waals surface area contributed by atoms with Gasteiger partial charge < -0.3 is 18.5 Å². The van der Waals surface area contributed by atoms with Crippen molar-refractivity contribution in [1.29, 1.82) is 0 Å². The summed E-state index contributed by atoms with van der Waals surface area (Å²) in [6.45, 7) is 4.21. The van der Waals surface area contributed by atoms with Gasteiger partial charge in [0.15, 0.2) is 11.6 Å². The Kier molecular flexibility index (Phi) is 9.11. The van der Waals surface area contributed by atoms with E-state index in [0.717, 1.165) is 83.8 Å². The number of nitrogens with zero attached hydrogens (tertiary/aromatic N) is 7. The van der Waals surface area contributed by atoms with Crippen LogP contribution in [0, 0.1) is 0 Å². The molecule has 0 fully saturated rings. The highest BCUT2D eigenvalue weighted by Crippen LogP contribution is 2.44. The monoisotopic (exact) mass is 956 g/mol. The molecule has 73 heavy (non-hydrogen) atoms. The number of hydrogen-bond donors (Lipinski definition) is 1. The van der Waals surface area contributed by atoms with Crippen LogP contribution in [-0.2, 0) is 0 Å². The van der Waals surface area contributed by atoms with Gasteiger partial charge in [-0.2, -0.15) is 9.97 Å². The molecule has 1 atom stereocenters. The molecule has 1 unspecified atom stereocenters. The molecule has 0 aliphatic heterocycles. The van der Waals surface area contributed by atoms with Crippen molar-refractivity contribution in [3.05, 3.63) is 212 Å². The van der Waals surface area contributed by atoms with E-state index in [2.05, 4.69) is 234 Å². The molecule has 0 amide bonds. The number of H-pyrrole nitrogens is 1. The van der Waals surface area contributed by atoms with Crippen LogP contribution in [0.3, 0.4) is 0 Å². The van der Waals surface area contributed by atoms with Crippen molar-refractivity contribution in [3.8, 4) is 28.7 Å². The van der Waals surface area contributed by atoms with Gasteiger partial charge in [0.25, 0.3) is 0 Å². The minimum absolute atomic E-state index is 0.555. The van der Waals surface area contributed by atoms with Crippen LogP contribution in [0.5, 0.6) is 0 Å². The molecule has 0 radical (unpaired) electrons. The number of para-hydroxylation sites is 4. The Hall–Kier alpha value is -9.10. The van der Waals surface area contributed by atoms with Gasteiger partial charge >= 0.3 is 0 Å². The molecule has 0 bridgehead atoms. The van der Waals surface area contributed by atoms with Gasteiger partial charge in [0, 0.05) is 76.3 Å². The zero-order chi connectivity index (χ0) is 48.5. The maximum absolute atomic E-state index is 5.33. The second-order valence-corrected chi connectivity index (χ2v) is 19.6. The molecule has 6 aromatic heterocycles. The predicted octanol–water partition coefficient (Wildman–Crippen LogP) is 16.6. The third-order valence-corrected chi connectivity index (χ3v) is 15.5. The largest absolute Gasteiger partial charge is 0.353 e. The molecule has 8 nitrogen and oxygen atoms in total. The van der Waals surface area contributed by atoms with E-state index in [-0.39, 0.29) is 0 Å². The van der Waals surface area contributed by atoms with Gasteiger partial charge in [-0.3, -0.25) is 4.57 Å². The first-order valence-electron chi connectivity index (χ1n) is 24.9. The lowest BCUT2D eigenvalue weighted by molar-refractivity contribution is 0.930. The summed E-state index contributed by atoms with van der Waals surface area (Å²) in [5.41, 5.74) is 15.2. The van der Waals surface area contributed by atoms with Gasteiger partial charge in [-0.1, -0.05) is 153 Å². The molecule has 0 spiro atoms. The lowest BCUT2D eigenvalue weighted by Gasteiger charge is -2.12. The highest BCUT2D eigenvalue weighted by molar-refractivity contribution is 7.15. The number of allylic oxidation sites excluding steroid dienone is 4. The summed E-state index contributed by atoms with van der Waals surface area (Å²) in [5, 5.41) is 11.8. The third-order valence-electron chi connectivity index (χ3n) is 15.0. The van der Waals surface area contributed by atoms with Gasteiger partial charge in [-0.05, 0) is 89.0 Å². The third kappa shape index (κ3) is 6.08. The highest BCUT2D eigenvalue weighted by atomic mass is 31.0. The Bertz CT molecular complexity index is 4870. The minimum Gasteiger partial charge on any atom is -0.353 e. The SMILES string of the molecule is CC/C=C\C=C(/C)c1nc(-c2ccccc2)nc(-n2c3ccc(-n4c5ccccc5c5ccc6c7ccccc7[nH]c6c54)cc3c3cc(-n4c5ccccc5c5ccc6c7ccccc7n(P)c6c54)ccc32)n1. The van der Waals surface area contributed by atoms with Gasteiger partial charge in [-0.25, -0.2) is 4.98 Å². The zero-order valence-electron chi connectivity index (χ0n) is 40.0. The summed E-state index contributed by atoms with van der Waals surface area (Å²) >= 11 is 0. The lowest BCUT2D eigenvalue weighted by atomic mass is 10.1.